The first-order valence-electron chi connectivity index (χ1n) is 5.46. The lowest BCUT2D eigenvalue weighted by atomic mass is 10.1. The number of anilines is 1. The van der Waals surface area contributed by atoms with Crippen molar-refractivity contribution in [1.82, 2.24) is 5.32 Å². The molecule has 0 atom stereocenters. The second kappa shape index (κ2) is 3.33. The SMILES string of the molecule is O=C1Cc2ccc(C(=O)NC3CC3)cc2N1. The molecule has 4 nitrogen and oxygen atoms in total. The van der Waals surface area contributed by atoms with Crippen molar-refractivity contribution < 1.29 is 9.59 Å². The van der Waals surface area contributed by atoms with Crippen molar-refractivity contribution in [2.45, 2.75) is 25.3 Å². The maximum atomic E-state index is 11.8. The summed E-state index contributed by atoms with van der Waals surface area (Å²) in [5, 5.41) is 5.66. The molecule has 1 aromatic rings. The van der Waals surface area contributed by atoms with E-state index >= 15 is 0 Å². The van der Waals surface area contributed by atoms with Crippen molar-refractivity contribution in [3.05, 3.63) is 29.3 Å². The van der Waals surface area contributed by atoms with Crippen LogP contribution in [0, 0.1) is 0 Å². The molecule has 1 fully saturated rings. The average Bonchev–Trinajstić information content (AvgIpc) is 2.96. The molecule has 2 aliphatic rings. The minimum Gasteiger partial charge on any atom is -0.349 e. The van der Waals surface area contributed by atoms with E-state index in [0.29, 0.717) is 18.0 Å². The van der Waals surface area contributed by atoms with Crippen LogP contribution in [0.1, 0.15) is 28.8 Å². The maximum absolute atomic E-state index is 11.8. The summed E-state index contributed by atoms with van der Waals surface area (Å²) in [5.41, 5.74) is 2.36. The number of hydrogen-bond acceptors (Lipinski definition) is 2. The third-order valence-electron chi connectivity index (χ3n) is 2.91. The van der Waals surface area contributed by atoms with Gasteiger partial charge in [-0.1, -0.05) is 6.07 Å². The number of carbonyl (C=O) groups is 2. The fourth-order valence-electron chi connectivity index (χ4n) is 1.85. The van der Waals surface area contributed by atoms with Crippen molar-refractivity contribution in [1.29, 1.82) is 0 Å². The van der Waals surface area contributed by atoms with Gasteiger partial charge >= 0.3 is 0 Å². The van der Waals surface area contributed by atoms with Gasteiger partial charge in [-0.2, -0.15) is 0 Å². The third-order valence-corrected chi connectivity index (χ3v) is 2.91. The lowest BCUT2D eigenvalue weighted by molar-refractivity contribution is -0.115. The molecule has 0 spiro atoms. The van der Waals surface area contributed by atoms with Gasteiger partial charge in [-0.3, -0.25) is 9.59 Å². The molecule has 4 heteroatoms. The number of fused-ring (bicyclic) bond motifs is 1. The van der Waals surface area contributed by atoms with E-state index in [1.54, 1.807) is 12.1 Å². The van der Waals surface area contributed by atoms with Crippen LogP contribution in [0.15, 0.2) is 18.2 Å². The Labute approximate surface area is 93.0 Å². The highest BCUT2D eigenvalue weighted by Crippen LogP contribution is 2.25. The number of benzene rings is 1. The van der Waals surface area contributed by atoms with Crippen molar-refractivity contribution in [3.8, 4) is 0 Å². The molecule has 2 N–H and O–H groups in total. The van der Waals surface area contributed by atoms with Gasteiger partial charge in [-0.05, 0) is 30.5 Å². The van der Waals surface area contributed by atoms with Gasteiger partial charge in [-0.15, -0.1) is 0 Å². The molecule has 2 amide bonds. The highest BCUT2D eigenvalue weighted by molar-refractivity contribution is 6.02. The lowest BCUT2D eigenvalue weighted by Gasteiger charge is -2.05. The van der Waals surface area contributed by atoms with Crippen molar-refractivity contribution in [3.63, 3.8) is 0 Å². The second-order valence-electron chi connectivity index (χ2n) is 4.34. The molecule has 0 radical (unpaired) electrons. The van der Waals surface area contributed by atoms with Crippen LogP contribution in [-0.4, -0.2) is 17.9 Å². The van der Waals surface area contributed by atoms with Crippen LogP contribution >= 0.6 is 0 Å². The van der Waals surface area contributed by atoms with E-state index in [1.165, 1.54) is 0 Å². The van der Waals surface area contributed by atoms with Crippen LogP contribution in [0.5, 0.6) is 0 Å². The van der Waals surface area contributed by atoms with Gasteiger partial charge in [0.15, 0.2) is 0 Å². The number of carbonyl (C=O) groups excluding carboxylic acids is 2. The fraction of sp³-hybridized carbons (Fsp3) is 0.333. The lowest BCUT2D eigenvalue weighted by Crippen LogP contribution is -2.25. The largest absolute Gasteiger partial charge is 0.349 e. The normalized spacial score (nSPS) is 17.9. The van der Waals surface area contributed by atoms with Crippen molar-refractivity contribution in [2.24, 2.45) is 0 Å². The smallest absolute Gasteiger partial charge is 0.251 e. The minimum absolute atomic E-state index is 0.00486. The summed E-state index contributed by atoms with van der Waals surface area (Å²) in [6.45, 7) is 0. The predicted octanol–water partition coefficient (Wildman–Crippen LogP) is 1.07. The summed E-state index contributed by atoms with van der Waals surface area (Å²) < 4.78 is 0. The van der Waals surface area contributed by atoms with Crippen molar-refractivity contribution >= 4 is 17.5 Å². The van der Waals surface area contributed by atoms with Crippen LogP contribution in [-0.2, 0) is 11.2 Å². The van der Waals surface area contributed by atoms with E-state index in [0.717, 1.165) is 24.1 Å². The molecule has 1 aromatic carbocycles. The molecular formula is C12H12N2O2. The molecule has 1 aliphatic heterocycles. The van der Waals surface area contributed by atoms with Gasteiger partial charge in [0.25, 0.3) is 5.91 Å². The molecule has 1 saturated carbocycles. The monoisotopic (exact) mass is 216 g/mol. The number of rotatable bonds is 2. The molecule has 3 rings (SSSR count). The quantitative estimate of drug-likeness (QED) is 0.777. The Bertz CT molecular complexity index is 478. The van der Waals surface area contributed by atoms with Gasteiger partial charge in [0.2, 0.25) is 5.91 Å². The Kier molecular flexibility index (Phi) is 1.96. The van der Waals surface area contributed by atoms with Gasteiger partial charge in [0.05, 0.1) is 6.42 Å². The van der Waals surface area contributed by atoms with E-state index in [4.69, 9.17) is 0 Å². The first-order chi connectivity index (χ1) is 7.72. The first-order valence-corrected chi connectivity index (χ1v) is 5.46. The Morgan fingerprint density at radius 1 is 1.38 bits per heavy atom. The van der Waals surface area contributed by atoms with Crippen LogP contribution < -0.4 is 10.6 Å². The van der Waals surface area contributed by atoms with E-state index in [1.807, 2.05) is 6.07 Å². The molecular weight excluding hydrogens is 204 g/mol. The Morgan fingerprint density at radius 3 is 2.94 bits per heavy atom. The average molecular weight is 216 g/mol. The Balaban J connectivity index is 1.83. The highest BCUT2D eigenvalue weighted by atomic mass is 16.2. The zero-order valence-electron chi connectivity index (χ0n) is 8.75. The predicted molar refractivity (Wildman–Crippen MR) is 59.3 cm³/mol. The maximum Gasteiger partial charge on any atom is 0.251 e. The topological polar surface area (TPSA) is 58.2 Å². The summed E-state index contributed by atoms with van der Waals surface area (Å²) >= 11 is 0. The number of amides is 2. The van der Waals surface area contributed by atoms with E-state index in [-0.39, 0.29) is 11.8 Å². The number of nitrogens with one attached hydrogen (secondary N) is 2. The minimum atomic E-state index is -0.0496. The Morgan fingerprint density at radius 2 is 2.19 bits per heavy atom. The third kappa shape index (κ3) is 1.66. The first kappa shape index (κ1) is 9.39. The van der Waals surface area contributed by atoms with Crippen LogP contribution in [0.2, 0.25) is 0 Å². The molecule has 0 saturated heterocycles. The van der Waals surface area contributed by atoms with Gasteiger partial charge in [0, 0.05) is 17.3 Å². The van der Waals surface area contributed by atoms with E-state index < -0.39 is 0 Å². The summed E-state index contributed by atoms with van der Waals surface area (Å²) in [6, 6.07) is 5.72. The van der Waals surface area contributed by atoms with Crippen LogP contribution in [0.25, 0.3) is 0 Å². The summed E-state index contributed by atoms with van der Waals surface area (Å²) in [6.07, 6.45) is 2.57. The summed E-state index contributed by atoms with van der Waals surface area (Å²) in [7, 11) is 0. The molecule has 1 heterocycles. The molecule has 0 unspecified atom stereocenters. The highest BCUT2D eigenvalue weighted by Gasteiger charge is 2.25. The molecule has 16 heavy (non-hydrogen) atoms. The second-order valence-corrected chi connectivity index (χ2v) is 4.34. The van der Waals surface area contributed by atoms with Crippen molar-refractivity contribution in [2.75, 3.05) is 5.32 Å². The molecule has 0 bridgehead atoms. The molecule has 82 valence electrons. The standard InChI is InChI=1S/C12H12N2O2/c15-11-6-7-1-2-8(5-10(7)14-11)12(16)13-9-3-4-9/h1-2,5,9H,3-4,6H2,(H,13,16)(H,14,15). The van der Waals surface area contributed by atoms with Gasteiger partial charge in [0.1, 0.15) is 0 Å². The summed E-state index contributed by atoms with van der Waals surface area (Å²) in [4.78, 5) is 22.9. The van der Waals surface area contributed by atoms with E-state index in [9.17, 15) is 9.59 Å². The summed E-state index contributed by atoms with van der Waals surface area (Å²) in [5.74, 6) is -0.0544. The Hall–Kier alpha value is -1.84. The van der Waals surface area contributed by atoms with Crippen LogP contribution in [0.3, 0.4) is 0 Å². The zero-order chi connectivity index (χ0) is 11.1. The van der Waals surface area contributed by atoms with Crippen LogP contribution in [0.4, 0.5) is 5.69 Å². The zero-order valence-corrected chi connectivity index (χ0v) is 8.75. The molecule has 1 aliphatic carbocycles. The van der Waals surface area contributed by atoms with E-state index in [2.05, 4.69) is 10.6 Å². The number of hydrogen-bond donors (Lipinski definition) is 2. The fourth-order valence-corrected chi connectivity index (χ4v) is 1.85. The van der Waals surface area contributed by atoms with Gasteiger partial charge < -0.3 is 10.6 Å². The molecule has 0 aromatic heterocycles. The van der Waals surface area contributed by atoms with Gasteiger partial charge in [-0.25, -0.2) is 0 Å².